The number of alkyl halides is 2. The number of hydrogen-bond acceptors (Lipinski definition) is 6. The fourth-order valence-corrected chi connectivity index (χ4v) is 3.39. The van der Waals surface area contributed by atoms with Crippen LogP contribution in [0.25, 0.3) is 10.9 Å². The Morgan fingerprint density at radius 3 is 2.63 bits per heavy atom. The third kappa shape index (κ3) is 3.35. The summed E-state index contributed by atoms with van der Waals surface area (Å²) in [4.78, 5) is 24.2. The number of phenols is 1. The number of thiophene rings is 1. The highest BCUT2D eigenvalue weighted by Crippen LogP contribution is 2.39. The Balaban J connectivity index is 2.18. The molecule has 27 heavy (non-hydrogen) atoms. The van der Waals surface area contributed by atoms with Gasteiger partial charge >= 0.3 is 12.6 Å². The van der Waals surface area contributed by atoms with Gasteiger partial charge in [0.15, 0.2) is 22.4 Å². The van der Waals surface area contributed by atoms with Crippen molar-refractivity contribution >= 4 is 34.1 Å². The number of nitrogens with zero attached hydrogens (tertiary/aromatic N) is 1. The average Bonchev–Trinajstić information content (AvgIpc) is 3.13. The largest absolute Gasteiger partial charge is 0.505 e. The quantitative estimate of drug-likeness (QED) is 0.669. The summed E-state index contributed by atoms with van der Waals surface area (Å²) in [5.41, 5.74) is 0.183. The topological polar surface area (TPSA) is 77.8 Å². The molecule has 2 aromatic heterocycles. The summed E-state index contributed by atoms with van der Waals surface area (Å²) in [5.74, 6) is -3.34. The fourth-order valence-electron chi connectivity index (χ4n) is 2.66. The van der Waals surface area contributed by atoms with Gasteiger partial charge in [-0.05, 0) is 19.1 Å². The summed E-state index contributed by atoms with van der Waals surface area (Å²) >= 11 is 0.799. The lowest BCUT2D eigenvalue weighted by Crippen LogP contribution is -2.13. The van der Waals surface area contributed by atoms with Crippen LogP contribution in [0.4, 0.5) is 13.2 Å². The first-order valence-electron chi connectivity index (χ1n) is 7.49. The summed E-state index contributed by atoms with van der Waals surface area (Å²) < 4.78 is 49.4. The second-order valence-electron chi connectivity index (χ2n) is 5.47. The molecule has 0 atom stereocenters. The minimum Gasteiger partial charge on any atom is -0.505 e. The molecule has 0 aliphatic heterocycles. The van der Waals surface area contributed by atoms with Crippen LogP contribution >= 0.6 is 11.3 Å². The van der Waals surface area contributed by atoms with Crippen molar-refractivity contribution in [2.45, 2.75) is 20.5 Å². The molecule has 2 heterocycles. The van der Waals surface area contributed by atoms with Gasteiger partial charge in [-0.3, -0.25) is 14.2 Å². The normalized spacial score (nSPS) is 11.2. The SMILES string of the molecule is CC(=O)Oc1c(C)n(C(=O)c2csc(OC(F)F)c2)c2ccc(O)c(F)c12. The molecule has 10 heteroatoms. The van der Waals surface area contributed by atoms with Gasteiger partial charge in [0.1, 0.15) is 0 Å². The number of halogens is 3. The Kier molecular flexibility index (Phi) is 4.83. The lowest BCUT2D eigenvalue weighted by molar-refractivity contribution is -0.131. The van der Waals surface area contributed by atoms with Gasteiger partial charge in [-0.1, -0.05) is 0 Å². The second kappa shape index (κ2) is 6.95. The molecule has 0 aliphatic rings. The molecule has 0 bridgehead atoms. The molecule has 1 aromatic carbocycles. The first-order valence-corrected chi connectivity index (χ1v) is 8.37. The molecule has 0 saturated carbocycles. The van der Waals surface area contributed by atoms with Crippen LogP contribution in [-0.2, 0) is 4.79 Å². The van der Waals surface area contributed by atoms with E-state index in [0.717, 1.165) is 35.0 Å². The number of fused-ring (bicyclic) bond motifs is 1. The number of ether oxygens (including phenoxy) is 2. The summed E-state index contributed by atoms with van der Waals surface area (Å²) in [6.45, 7) is -0.499. The Morgan fingerprint density at radius 1 is 1.30 bits per heavy atom. The molecule has 3 rings (SSSR count). The van der Waals surface area contributed by atoms with E-state index >= 15 is 0 Å². The minimum absolute atomic E-state index is 0.0264. The molecule has 0 radical (unpaired) electrons. The van der Waals surface area contributed by atoms with Crippen molar-refractivity contribution in [1.82, 2.24) is 4.57 Å². The van der Waals surface area contributed by atoms with Crippen LogP contribution in [0.15, 0.2) is 23.6 Å². The summed E-state index contributed by atoms with van der Waals surface area (Å²) in [6.07, 6.45) is 0. The van der Waals surface area contributed by atoms with Gasteiger partial charge in [-0.2, -0.15) is 8.78 Å². The van der Waals surface area contributed by atoms with Gasteiger partial charge in [0.05, 0.1) is 22.2 Å². The van der Waals surface area contributed by atoms with Crippen molar-refractivity contribution in [2.75, 3.05) is 0 Å². The number of carbonyl (C=O) groups excluding carboxylic acids is 2. The molecule has 142 valence electrons. The molecule has 0 fully saturated rings. The number of aromatic hydroxyl groups is 1. The molecule has 0 amide bonds. The van der Waals surface area contributed by atoms with Crippen LogP contribution in [-0.4, -0.2) is 28.2 Å². The van der Waals surface area contributed by atoms with E-state index in [4.69, 9.17) is 4.74 Å². The molecule has 3 aromatic rings. The van der Waals surface area contributed by atoms with Gasteiger partial charge in [-0.25, -0.2) is 4.39 Å². The fraction of sp³-hybridized carbons (Fsp3) is 0.176. The molecule has 0 saturated heterocycles. The maximum atomic E-state index is 14.4. The highest BCUT2D eigenvalue weighted by molar-refractivity contribution is 7.12. The zero-order valence-corrected chi connectivity index (χ0v) is 14.8. The number of hydrogen-bond donors (Lipinski definition) is 1. The van der Waals surface area contributed by atoms with Crippen LogP contribution < -0.4 is 9.47 Å². The van der Waals surface area contributed by atoms with Crippen LogP contribution in [0.2, 0.25) is 0 Å². The highest BCUT2D eigenvalue weighted by Gasteiger charge is 2.26. The Bertz CT molecular complexity index is 1060. The van der Waals surface area contributed by atoms with E-state index in [1.54, 1.807) is 0 Å². The molecule has 0 spiro atoms. The Morgan fingerprint density at radius 2 is 2.00 bits per heavy atom. The zero-order valence-electron chi connectivity index (χ0n) is 14.0. The lowest BCUT2D eigenvalue weighted by atomic mass is 10.2. The van der Waals surface area contributed by atoms with Crippen molar-refractivity contribution in [3.05, 3.63) is 40.7 Å². The molecule has 1 N–H and O–H groups in total. The van der Waals surface area contributed by atoms with Crippen LogP contribution in [0, 0.1) is 12.7 Å². The summed E-state index contributed by atoms with van der Waals surface area (Å²) in [7, 11) is 0. The standard InChI is InChI=1S/C17H12F3NO5S/c1-7-15(25-8(2)22)13-10(3-4-11(23)14(13)18)21(7)16(24)9-5-12(27-6-9)26-17(19)20/h3-6,17,23H,1-2H3. The van der Waals surface area contributed by atoms with E-state index in [1.807, 2.05) is 0 Å². The number of carbonyl (C=O) groups is 2. The van der Waals surface area contributed by atoms with E-state index in [-0.39, 0.29) is 33.0 Å². The van der Waals surface area contributed by atoms with Crippen molar-refractivity contribution < 1.29 is 37.3 Å². The Labute approximate surface area is 154 Å². The molecular weight excluding hydrogens is 387 g/mol. The van der Waals surface area contributed by atoms with E-state index in [1.165, 1.54) is 18.4 Å². The Hall–Kier alpha value is -3.01. The monoisotopic (exact) mass is 399 g/mol. The minimum atomic E-state index is -3.03. The smallest absolute Gasteiger partial charge is 0.388 e. The van der Waals surface area contributed by atoms with Gasteiger partial charge in [-0.15, -0.1) is 11.3 Å². The molecule has 0 unspecified atom stereocenters. The third-order valence-corrected chi connectivity index (χ3v) is 4.53. The van der Waals surface area contributed by atoms with Crippen LogP contribution in [0.3, 0.4) is 0 Å². The van der Waals surface area contributed by atoms with Crippen molar-refractivity contribution in [3.63, 3.8) is 0 Å². The van der Waals surface area contributed by atoms with Gasteiger partial charge < -0.3 is 14.6 Å². The molecular formula is C17H12F3NO5S. The summed E-state index contributed by atoms with van der Waals surface area (Å²) in [6, 6.07) is 3.47. The predicted octanol–water partition coefficient (Wildman–Crippen LogP) is 4.07. The van der Waals surface area contributed by atoms with Crippen molar-refractivity contribution in [1.29, 1.82) is 0 Å². The first-order chi connectivity index (χ1) is 12.7. The number of phenolic OH excluding ortho intramolecular Hbond substituents is 1. The number of rotatable bonds is 4. The highest BCUT2D eigenvalue weighted by atomic mass is 32.1. The number of benzene rings is 1. The molecule has 6 nitrogen and oxygen atoms in total. The van der Waals surface area contributed by atoms with E-state index < -0.39 is 30.1 Å². The first kappa shape index (κ1) is 18.8. The van der Waals surface area contributed by atoms with Gasteiger partial charge in [0.25, 0.3) is 5.91 Å². The van der Waals surface area contributed by atoms with Crippen LogP contribution in [0.5, 0.6) is 16.6 Å². The molecule has 0 aliphatic carbocycles. The predicted molar refractivity (Wildman–Crippen MR) is 90.3 cm³/mol. The van der Waals surface area contributed by atoms with Gasteiger partial charge in [0.2, 0.25) is 0 Å². The maximum Gasteiger partial charge on any atom is 0.388 e. The lowest BCUT2D eigenvalue weighted by Gasteiger charge is -2.06. The average molecular weight is 399 g/mol. The van der Waals surface area contributed by atoms with Crippen LogP contribution in [0.1, 0.15) is 23.0 Å². The van der Waals surface area contributed by atoms with E-state index in [9.17, 15) is 27.9 Å². The third-order valence-electron chi connectivity index (χ3n) is 3.71. The van der Waals surface area contributed by atoms with Crippen molar-refractivity contribution in [2.24, 2.45) is 0 Å². The van der Waals surface area contributed by atoms with Crippen molar-refractivity contribution in [3.8, 4) is 16.6 Å². The van der Waals surface area contributed by atoms with E-state index in [2.05, 4.69) is 4.74 Å². The second-order valence-corrected chi connectivity index (χ2v) is 6.35. The van der Waals surface area contributed by atoms with Gasteiger partial charge in [0, 0.05) is 18.4 Å². The number of esters is 1. The zero-order chi connectivity index (χ0) is 19.9. The summed E-state index contributed by atoms with van der Waals surface area (Å²) in [5, 5.41) is 10.5. The number of aromatic nitrogens is 1. The maximum absolute atomic E-state index is 14.4. The van der Waals surface area contributed by atoms with E-state index in [0.29, 0.717) is 0 Å².